The highest BCUT2D eigenvalue weighted by Crippen LogP contribution is 2.23. The third-order valence-corrected chi connectivity index (χ3v) is 5.71. The molecule has 0 atom stereocenters. The van der Waals surface area contributed by atoms with Crippen LogP contribution in [0.15, 0.2) is 66.7 Å². The van der Waals surface area contributed by atoms with E-state index in [0.29, 0.717) is 0 Å². The zero-order valence-corrected chi connectivity index (χ0v) is 19.0. The van der Waals surface area contributed by atoms with E-state index < -0.39 is 0 Å². The van der Waals surface area contributed by atoms with E-state index in [1.165, 1.54) is 21.9 Å². The molecule has 2 heterocycles. The Bertz CT molecular complexity index is 1120. The van der Waals surface area contributed by atoms with Crippen LogP contribution in [0, 0.1) is 0 Å². The first-order valence-corrected chi connectivity index (χ1v) is 10.3. The average molecular weight is 459 g/mol. The van der Waals surface area contributed by atoms with Gasteiger partial charge in [-0.05, 0) is 28.5 Å². The largest absolute Gasteiger partial charge is 0.379 e. The Morgan fingerprint density at radius 1 is 0.839 bits per heavy atom. The highest BCUT2D eigenvalue weighted by Gasteiger charge is 2.14. The zero-order chi connectivity index (χ0) is 19.5. The van der Waals surface area contributed by atoms with Crippen molar-refractivity contribution in [3.63, 3.8) is 0 Å². The molecule has 5 nitrogen and oxygen atoms in total. The zero-order valence-electron chi connectivity index (χ0n) is 17.4. The number of nitrogens with one attached hydrogen (secondary N) is 1. The second kappa shape index (κ2) is 10.8. The molecule has 0 saturated carbocycles. The first-order valence-electron chi connectivity index (χ1n) is 10.3. The van der Waals surface area contributed by atoms with Crippen LogP contribution in [0.2, 0.25) is 0 Å². The summed E-state index contributed by atoms with van der Waals surface area (Å²) in [4.78, 5) is 7.35. The van der Waals surface area contributed by atoms with Gasteiger partial charge >= 0.3 is 0 Å². The van der Waals surface area contributed by atoms with Crippen molar-refractivity contribution < 1.29 is 4.74 Å². The summed E-state index contributed by atoms with van der Waals surface area (Å²) in [5.41, 5.74) is 3.51. The average Bonchev–Trinajstić information content (AvgIpc) is 3.14. The first-order chi connectivity index (χ1) is 14.4. The fourth-order valence-electron chi connectivity index (χ4n) is 4.12. The molecule has 5 rings (SSSR count). The molecule has 3 aromatic carbocycles. The van der Waals surface area contributed by atoms with Crippen molar-refractivity contribution in [1.82, 2.24) is 14.5 Å². The number of halogens is 2. The molecular weight excluding hydrogens is 431 g/mol. The second-order valence-electron chi connectivity index (χ2n) is 7.52. The van der Waals surface area contributed by atoms with E-state index in [1.54, 1.807) is 0 Å². The number of hydrogen-bond donors (Lipinski definition) is 1. The van der Waals surface area contributed by atoms with Gasteiger partial charge in [0.05, 0.1) is 24.2 Å². The van der Waals surface area contributed by atoms with Gasteiger partial charge in [-0.1, -0.05) is 54.6 Å². The van der Waals surface area contributed by atoms with E-state index in [-0.39, 0.29) is 24.8 Å². The van der Waals surface area contributed by atoms with Crippen molar-refractivity contribution in [3.05, 3.63) is 72.3 Å². The fraction of sp³-hybridized carbons (Fsp3) is 0.292. The minimum atomic E-state index is 0. The molecule has 0 aliphatic carbocycles. The standard InChI is InChI=1S/C24H26N4O.2ClH/c1-2-9-21-19(6-1)7-5-8-20(21)18-25-24-26-22-10-3-4-11-23(22)28(24)13-12-27-14-16-29-17-15-27;;/h1-11H,12-18H2,(H,25,26);2*1H. The van der Waals surface area contributed by atoms with E-state index >= 15 is 0 Å². The number of ether oxygens (including phenoxy) is 1. The highest BCUT2D eigenvalue weighted by atomic mass is 35.5. The first kappa shape index (κ1) is 23.4. The molecule has 0 spiro atoms. The van der Waals surface area contributed by atoms with Crippen molar-refractivity contribution in [1.29, 1.82) is 0 Å². The van der Waals surface area contributed by atoms with Gasteiger partial charge in [-0.15, -0.1) is 24.8 Å². The molecular formula is C24H28Cl2N4O. The molecule has 0 amide bonds. The predicted molar refractivity (Wildman–Crippen MR) is 133 cm³/mol. The van der Waals surface area contributed by atoms with Crippen LogP contribution in [0.1, 0.15) is 5.56 Å². The smallest absolute Gasteiger partial charge is 0.204 e. The lowest BCUT2D eigenvalue weighted by molar-refractivity contribution is 0.0366. The normalized spacial score (nSPS) is 14.2. The Hall–Kier alpha value is -2.31. The lowest BCUT2D eigenvalue weighted by Crippen LogP contribution is -2.38. The number of nitrogens with zero attached hydrogens (tertiary/aromatic N) is 3. The van der Waals surface area contributed by atoms with Crippen LogP contribution in [0.25, 0.3) is 21.8 Å². The molecule has 7 heteroatoms. The van der Waals surface area contributed by atoms with Gasteiger partial charge in [-0.25, -0.2) is 4.98 Å². The summed E-state index contributed by atoms with van der Waals surface area (Å²) < 4.78 is 7.80. The van der Waals surface area contributed by atoms with Gasteiger partial charge in [-0.2, -0.15) is 0 Å². The van der Waals surface area contributed by atoms with Gasteiger partial charge in [0.25, 0.3) is 0 Å². The second-order valence-corrected chi connectivity index (χ2v) is 7.52. The summed E-state index contributed by atoms with van der Waals surface area (Å²) in [6.45, 7) is 6.35. The number of para-hydroxylation sites is 2. The van der Waals surface area contributed by atoms with Crippen LogP contribution in [0.3, 0.4) is 0 Å². The SMILES string of the molecule is Cl.Cl.c1ccc2c(CNc3nc4ccccc4n3CCN3CCOCC3)cccc2c1. The lowest BCUT2D eigenvalue weighted by Gasteiger charge is -2.27. The molecule has 4 aromatic rings. The quantitative estimate of drug-likeness (QED) is 0.442. The van der Waals surface area contributed by atoms with Crippen LogP contribution >= 0.6 is 24.8 Å². The van der Waals surface area contributed by atoms with Gasteiger partial charge < -0.3 is 14.6 Å². The van der Waals surface area contributed by atoms with E-state index in [1.807, 2.05) is 0 Å². The molecule has 1 N–H and O–H groups in total. The van der Waals surface area contributed by atoms with Crippen molar-refractivity contribution in [3.8, 4) is 0 Å². The van der Waals surface area contributed by atoms with Gasteiger partial charge in [0.1, 0.15) is 0 Å². The molecule has 164 valence electrons. The predicted octanol–water partition coefficient (Wildman–Crippen LogP) is 4.98. The topological polar surface area (TPSA) is 42.3 Å². The molecule has 1 aliphatic rings. The minimum Gasteiger partial charge on any atom is -0.379 e. The molecule has 0 radical (unpaired) electrons. The Morgan fingerprint density at radius 2 is 1.58 bits per heavy atom. The Morgan fingerprint density at radius 3 is 2.45 bits per heavy atom. The maximum atomic E-state index is 5.48. The molecule has 1 aromatic heterocycles. The van der Waals surface area contributed by atoms with Crippen LogP contribution in [-0.2, 0) is 17.8 Å². The van der Waals surface area contributed by atoms with E-state index in [9.17, 15) is 0 Å². The highest BCUT2D eigenvalue weighted by molar-refractivity contribution is 5.86. The molecule has 1 aliphatic heterocycles. The Balaban J connectivity index is 0.00000136. The van der Waals surface area contributed by atoms with Gasteiger partial charge in [0.15, 0.2) is 0 Å². The number of imidazole rings is 1. The van der Waals surface area contributed by atoms with E-state index in [0.717, 1.165) is 57.4 Å². The summed E-state index contributed by atoms with van der Waals surface area (Å²) in [5, 5.41) is 6.17. The minimum absolute atomic E-state index is 0. The van der Waals surface area contributed by atoms with Crippen LogP contribution in [0.4, 0.5) is 5.95 Å². The maximum Gasteiger partial charge on any atom is 0.204 e. The van der Waals surface area contributed by atoms with Crippen LogP contribution in [0.5, 0.6) is 0 Å². The molecule has 31 heavy (non-hydrogen) atoms. The number of morpholine rings is 1. The number of fused-ring (bicyclic) bond motifs is 2. The molecule has 0 unspecified atom stereocenters. The van der Waals surface area contributed by atoms with Crippen molar-refractivity contribution in [2.24, 2.45) is 0 Å². The maximum absolute atomic E-state index is 5.48. The van der Waals surface area contributed by atoms with Gasteiger partial charge in [0, 0.05) is 32.7 Å². The number of benzene rings is 3. The summed E-state index contributed by atoms with van der Waals surface area (Å²) in [7, 11) is 0. The van der Waals surface area contributed by atoms with Gasteiger partial charge in [-0.3, -0.25) is 4.90 Å². The number of aromatic nitrogens is 2. The monoisotopic (exact) mass is 458 g/mol. The summed E-state index contributed by atoms with van der Waals surface area (Å²) >= 11 is 0. The third-order valence-electron chi connectivity index (χ3n) is 5.71. The van der Waals surface area contributed by atoms with E-state index in [2.05, 4.69) is 81.5 Å². The van der Waals surface area contributed by atoms with Crippen LogP contribution in [-0.4, -0.2) is 47.3 Å². The fourth-order valence-corrected chi connectivity index (χ4v) is 4.12. The summed E-state index contributed by atoms with van der Waals surface area (Å²) in [6.07, 6.45) is 0. The molecule has 1 fully saturated rings. The number of hydrogen-bond acceptors (Lipinski definition) is 4. The van der Waals surface area contributed by atoms with Crippen LogP contribution < -0.4 is 5.32 Å². The molecule has 0 bridgehead atoms. The Labute approximate surface area is 195 Å². The lowest BCUT2D eigenvalue weighted by atomic mass is 10.0. The molecule has 1 saturated heterocycles. The number of anilines is 1. The summed E-state index contributed by atoms with van der Waals surface area (Å²) in [6, 6.07) is 23.4. The number of rotatable bonds is 6. The van der Waals surface area contributed by atoms with Crippen molar-refractivity contribution in [2.45, 2.75) is 13.1 Å². The summed E-state index contributed by atoms with van der Waals surface area (Å²) in [5.74, 6) is 0.937. The Kier molecular flexibility index (Phi) is 8.15. The van der Waals surface area contributed by atoms with Crippen molar-refractivity contribution >= 4 is 52.6 Å². The van der Waals surface area contributed by atoms with Gasteiger partial charge in [0.2, 0.25) is 5.95 Å². The van der Waals surface area contributed by atoms with Crippen molar-refractivity contribution in [2.75, 3.05) is 38.2 Å². The van der Waals surface area contributed by atoms with E-state index in [4.69, 9.17) is 9.72 Å². The third kappa shape index (κ3) is 5.13.